The molecular weight excluding hydrogens is 272 g/mol. The Bertz CT molecular complexity index is 649. The molecule has 0 radical (unpaired) electrons. The van der Waals surface area contributed by atoms with Gasteiger partial charge in [0.2, 0.25) is 0 Å². The van der Waals surface area contributed by atoms with Crippen LogP contribution in [0.4, 0.5) is 0 Å². The number of carbonyl (C=O) groups is 1. The first-order chi connectivity index (χ1) is 9.75. The van der Waals surface area contributed by atoms with Gasteiger partial charge in [0.15, 0.2) is 5.78 Å². The van der Waals surface area contributed by atoms with Crippen LogP contribution in [0.15, 0.2) is 42.5 Å². The summed E-state index contributed by atoms with van der Waals surface area (Å²) in [5.74, 6) is 0.862. The Hall–Kier alpha value is -1.80. The molecular formula is C17H15ClO2. The standard InChI is InChI=1S/C17H15ClO2/c18-15-7-2-1-6-14(15)17(19)13-8-9-16-12(11-13)5-3-4-10-20-16/h1-2,6-9,11H,3-5,10H2. The average Bonchev–Trinajstić information content (AvgIpc) is 2.71. The minimum absolute atomic E-state index is 0.0392. The van der Waals surface area contributed by atoms with Gasteiger partial charge in [0.25, 0.3) is 0 Å². The highest BCUT2D eigenvalue weighted by atomic mass is 35.5. The fourth-order valence-electron chi connectivity index (χ4n) is 2.46. The molecule has 1 aliphatic rings. The number of aryl methyl sites for hydroxylation is 1. The number of rotatable bonds is 2. The molecule has 0 fully saturated rings. The Morgan fingerprint density at radius 1 is 1.10 bits per heavy atom. The number of carbonyl (C=O) groups excluding carboxylic acids is 1. The number of ketones is 1. The molecule has 2 aromatic carbocycles. The van der Waals surface area contributed by atoms with Crippen molar-refractivity contribution in [3.05, 3.63) is 64.2 Å². The maximum Gasteiger partial charge on any atom is 0.194 e. The first-order valence-corrected chi connectivity index (χ1v) is 7.18. The lowest BCUT2D eigenvalue weighted by Gasteiger charge is -2.09. The minimum Gasteiger partial charge on any atom is -0.493 e. The van der Waals surface area contributed by atoms with Gasteiger partial charge in [-0.2, -0.15) is 0 Å². The van der Waals surface area contributed by atoms with Gasteiger partial charge in [0.1, 0.15) is 5.75 Å². The summed E-state index contributed by atoms with van der Waals surface area (Å²) in [6, 6.07) is 12.8. The molecule has 0 aromatic heterocycles. The molecule has 0 bridgehead atoms. The Morgan fingerprint density at radius 2 is 1.95 bits per heavy atom. The van der Waals surface area contributed by atoms with Gasteiger partial charge in [-0.05, 0) is 55.2 Å². The molecule has 0 saturated carbocycles. The number of hydrogen-bond acceptors (Lipinski definition) is 2. The van der Waals surface area contributed by atoms with Gasteiger partial charge in [-0.3, -0.25) is 4.79 Å². The third-order valence-electron chi connectivity index (χ3n) is 3.54. The van der Waals surface area contributed by atoms with Gasteiger partial charge < -0.3 is 4.74 Å². The van der Waals surface area contributed by atoms with E-state index in [1.165, 1.54) is 0 Å². The molecule has 1 aliphatic heterocycles. The van der Waals surface area contributed by atoms with Crippen molar-refractivity contribution in [2.45, 2.75) is 19.3 Å². The molecule has 0 spiro atoms. The Labute approximate surface area is 123 Å². The van der Waals surface area contributed by atoms with Crippen LogP contribution in [0, 0.1) is 0 Å². The summed E-state index contributed by atoms with van der Waals surface area (Å²) in [5.41, 5.74) is 2.33. The first kappa shape index (κ1) is 13.2. The van der Waals surface area contributed by atoms with Crippen LogP contribution in [0.1, 0.15) is 34.3 Å². The van der Waals surface area contributed by atoms with Crippen molar-refractivity contribution < 1.29 is 9.53 Å². The van der Waals surface area contributed by atoms with Crippen LogP contribution in [0.5, 0.6) is 5.75 Å². The summed E-state index contributed by atoms with van der Waals surface area (Å²) in [6.07, 6.45) is 3.11. The van der Waals surface area contributed by atoms with E-state index in [1.807, 2.05) is 30.3 Å². The van der Waals surface area contributed by atoms with E-state index < -0.39 is 0 Å². The van der Waals surface area contributed by atoms with Crippen LogP contribution in [0.3, 0.4) is 0 Å². The monoisotopic (exact) mass is 286 g/mol. The van der Waals surface area contributed by atoms with E-state index in [0.717, 1.165) is 37.2 Å². The van der Waals surface area contributed by atoms with Gasteiger partial charge in [-0.25, -0.2) is 0 Å². The molecule has 0 saturated heterocycles. The van der Waals surface area contributed by atoms with Crippen LogP contribution >= 0.6 is 11.6 Å². The zero-order chi connectivity index (χ0) is 13.9. The number of halogens is 1. The van der Waals surface area contributed by atoms with Crippen LogP contribution in [-0.4, -0.2) is 12.4 Å². The van der Waals surface area contributed by atoms with E-state index in [4.69, 9.17) is 16.3 Å². The lowest BCUT2D eigenvalue weighted by molar-refractivity contribution is 0.103. The maximum atomic E-state index is 12.5. The summed E-state index contributed by atoms with van der Waals surface area (Å²) in [5, 5.41) is 0.490. The van der Waals surface area contributed by atoms with Gasteiger partial charge in [0.05, 0.1) is 11.6 Å². The summed E-state index contributed by atoms with van der Waals surface area (Å²) in [7, 11) is 0. The highest BCUT2D eigenvalue weighted by Gasteiger charge is 2.16. The lowest BCUT2D eigenvalue weighted by Crippen LogP contribution is -2.03. The molecule has 2 nitrogen and oxygen atoms in total. The predicted octanol–water partition coefficient (Wildman–Crippen LogP) is 4.29. The molecule has 102 valence electrons. The molecule has 0 N–H and O–H groups in total. The van der Waals surface area contributed by atoms with Gasteiger partial charge in [-0.1, -0.05) is 23.7 Å². The second kappa shape index (κ2) is 5.68. The van der Waals surface area contributed by atoms with Crippen molar-refractivity contribution >= 4 is 17.4 Å². The van der Waals surface area contributed by atoms with Gasteiger partial charge in [0, 0.05) is 11.1 Å². The van der Waals surface area contributed by atoms with Crippen molar-refractivity contribution in [1.82, 2.24) is 0 Å². The molecule has 0 aliphatic carbocycles. The topological polar surface area (TPSA) is 26.3 Å². The van der Waals surface area contributed by atoms with Crippen molar-refractivity contribution in [3.63, 3.8) is 0 Å². The normalized spacial score (nSPS) is 14.1. The van der Waals surface area contributed by atoms with Crippen LogP contribution in [0.25, 0.3) is 0 Å². The summed E-state index contributed by atoms with van der Waals surface area (Å²) < 4.78 is 5.68. The maximum absolute atomic E-state index is 12.5. The summed E-state index contributed by atoms with van der Waals surface area (Å²) >= 11 is 6.09. The minimum atomic E-state index is -0.0392. The molecule has 3 heteroatoms. The SMILES string of the molecule is O=C(c1ccc2c(c1)CCCCO2)c1ccccc1Cl. The predicted molar refractivity (Wildman–Crippen MR) is 79.8 cm³/mol. The van der Waals surface area contributed by atoms with Gasteiger partial charge >= 0.3 is 0 Å². The molecule has 0 amide bonds. The molecule has 0 unspecified atom stereocenters. The van der Waals surface area contributed by atoms with E-state index in [2.05, 4.69) is 0 Å². The second-order valence-corrected chi connectivity index (χ2v) is 5.34. The first-order valence-electron chi connectivity index (χ1n) is 6.80. The van der Waals surface area contributed by atoms with Crippen molar-refractivity contribution in [2.24, 2.45) is 0 Å². The fourth-order valence-corrected chi connectivity index (χ4v) is 2.68. The highest BCUT2D eigenvalue weighted by Crippen LogP contribution is 2.27. The smallest absolute Gasteiger partial charge is 0.194 e. The van der Waals surface area contributed by atoms with Gasteiger partial charge in [-0.15, -0.1) is 0 Å². The van der Waals surface area contributed by atoms with E-state index in [0.29, 0.717) is 16.1 Å². The van der Waals surface area contributed by atoms with Crippen molar-refractivity contribution in [3.8, 4) is 5.75 Å². The highest BCUT2D eigenvalue weighted by molar-refractivity contribution is 6.35. The van der Waals surface area contributed by atoms with Crippen LogP contribution in [0.2, 0.25) is 5.02 Å². The van der Waals surface area contributed by atoms with E-state index in [1.54, 1.807) is 12.1 Å². The summed E-state index contributed by atoms with van der Waals surface area (Å²) in [4.78, 5) is 12.5. The largest absolute Gasteiger partial charge is 0.493 e. The number of ether oxygens (including phenoxy) is 1. The Balaban J connectivity index is 1.97. The zero-order valence-electron chi connectivity index (χ0n) is 11.1. The zero-order valence-corrected chi connectivity index (χ0v) is 11.8. The van der Waals surface area contributed by atoms with E-state index in [-0.39, 0.29) is 5.78 Å². The van der Waals surface area contributed by atoms with Crippen molar-refractivity contribution in [2.75, 3.05) is 6.61 Å². The average molecular weight is 287 g/mol. The fraction of sp³-hybridized carbons (Fsp3) is 0.235. The summed E-state index contributed by atoms with van der Waals surface area (Å²) in [6.45, 7) is 0.755. The third-order valence-corrected chi connectivity index (χ3v) is 3.87. The molecule has 3 rings (SSSR count). The number of fused-ring (bicyclic) bond motifs is 1. The Kier molecular flexibility index (Phi) is 3.75. The van der Waals surface area contributed by atoms with Crippen LogP contribution in [-0.2, 0) is 6.42 Å². The number of hydrogen-bond donors (Lipinski definition) is 0. The van der Waals surface area contributed by atoms with E-state index >= 15 is 0 Å². The Morgan fingerprint density at radius 3 is 2.80 bits per heavy atom. The van der Waals surface area contributed by atoms with Crippen molar-refractivity contribution in [1.29, 1.82) is 0 Å². The molecule has 0 atom stereocenters. The molecule has 2 aromatic rings. The van der Waals surface area contributed by atoms with E-state index in [9.17, 15) is 4.79 Å². The molecule has 1 heterocycles. The second-order valence-electron chi connectivity index (χ2n) is 4.94. The van der Waals surface area contributed by atoms with Crippen LogP contribution < -0.4 is 4.74 Å². The quantitative estimate of drug-likeness (QED) is 0.770. The molecule has 20 heavy (non-hydrogen) atoms. The number of benzene rings is 2. The lowest BCUT2D eigenvalue weighted by atomic mass is 9.99. The third kappa shape index (κ3) is 2.56.